The lowest BCUT2D eigenvalue weighted by Crippen LogP contribution is -2.07. The van der Waals surface area contributed by atoms with Crippen molar-refractivity contribution in [1.29, 1.82) is 0 Å². The van der Waals surface area contributed by atoms with Crippen molar-refractivity contribution in [1.82, 2.24) is 0 Å². The zero-order chi connectivity index (χ0) is 12.2. The van der Waals surface area contributed by atoms with Gasteiger partial charge >= 0.3 is 6.18 Å². The fourth-order valence-electron chi connectivity index (χ4n) is 1.27. The number of thioether (sulfide) groups is 1. The Hall–Kier alpha value is -0.680. The zero-order valence-corrected chi connectivity index (χ0v) is 9.79. The summed E-state index contributed by atoms with van der Waals surface area (Å²) in [6.45, 7) is 2.16. The number of hydrogen-bond donors (Lipinski definition) is 1. The minimum atomic E-state index is -4.29. The summed E-state index contributed by atoms with van der Waals surface area (Å²) in [6, 6.07) is 3.75. The lowest BCUT2D eigenvalue weighted by atomic mass is 10.1. The van der Waals surface area contributed by atoms with Crippen molar-refractivity contribution in [3.8, 4) is 0 Å². The molecule has 1 aromatic rings. The number of hydrogen-bond acceptors (Lipinski definition) is 2. The van der Waals surface area contributed by atoms with Gasteiger partial charge in [0.1, 0.15) is 0 Å². The molecular weight excluding hydrogens is 235 g/mol. The summed E-state index contributed by atoms with van der Waals surface area (Å²) >= 11 is 1.54. The molecule has 0 amide bonds. The second-order valence-electron chi connectivity index (χ2n) is 3.37. The number of rotatable bonds is 4. The Labute approximate surface area is 97.2 Å². The molecule has 0 bridgehead atoms. The van der Waals surface area contributed by atoms with Crippen LogP contribution in [-0.2, 0) is 12.7 Å². The van der Waals surface area contributed by atoms with Gasteiger partial charge in [-0.1, -0.05) is 6.92 Å². The highest BCUT2D eigenvalue weighted by molar-refractivity contribution is 7.99. The lowest BCUT2D eigenvalue weighted by molar-refractivity contribution is -0.137. The molecule has 0 unspecified atom stereocenters. The van der Waals surface area contributed by atoms with E-state index >= 15 is 0 Å². The van der Waals surface area contributed by atoms with E-state index in [0.717, 1.165) is 29.2 Å². The van der Waals surface area contributed by atoms with Crippen LogP contribution >= 0.6 is 11.8 Å². The van der Waals surface area contributed by atoms with Crippen molar-refractivity contribution in [2.45, 2.75) is 31.0 Å². The third-order valence-corrected chi connectivity index (χ3v) is 3.39. The number of halogens is 3. The molecule has 2 N–H and O–H groups in total. The van der Waals surface area contributed by atoms with E-state index in [2.05, 4.69) is 0 Å². The predicted molar refractivity (Wildman–Crippen MR) is 60.4 cm³/mol. The first kappa shape index (κ1) is 13.4. The molecule has 0 saturated heterocycles. The minimum Gasteiger partial charge on any atom is -0.326 e. The van der Waals surface area contributed by atoms with E-state index in [0.29, 0.717) is 5.56 Å². The fourth-order valence-corrected chi connectivity index (χ4v) is 2.18. The fraction of sp³-hybridized carbons (Fsp3) is 0.455. The molecule has 0 aromatic heterocycles. The molecule has 16 heavy (non-hydrogen) atoms. The van der Waals surface area contributed by atoms with Gasteiger partial charge in [-0.25, -0.2) is 0 Å². The van der Waals surface area contributed by atoms with Crippen molar-refractivity contribution in [3.05, 3.63) is 29.3 Å². The van der Waals surface area contributed by atoms with Gasteiger partial charge in [-0.05, 0) is 35.9 Å². The van der Waals surface area contributed by atoms with Gasteiger partial charge in [-0.15, -0.1) is 11.8 Å². The van der Waals surface area contributed by atoms with Gasteiger partial charge in [0, 0.05) is 11.4 Å². The summed E-state index contributed by atoms with van der Waals surface area (Å²) < 4.78 is 37.3. The van der Waals surface area contributed by atoms with E-state index in [4.69, 9.17) is 5.73 Å². The molecule has 0 fully saturated rings. The van der Waals surface area contributed by atoms with E-state index < -0.39 is 11.7 Å². The van der Waals surface area contributed by atoms with Crippen LogP contribution in [0.1, 0.15) is 24.5 Å². The molecule has 0 aliphatic carbocycles. The molecule has 1 rings (SSSR count). The molecule has 0 radical (unpaired) electrons. The van der Waals surface area contributed by atoms with Crippen molar-refractivity contribution in [2.75, 3.05) is 5.75 Å². The second kappa shape index (κ2) is 5.59. The molecule has 5 heteroatoms. The van der Waals surface area contributed by atoms with Crippen molar-refractivity contribution in [3.63, 3.8) is 0 Å². The lowest BCUT2D eigenvalue weighted by Gasteiger charge is -2.11. The van der Waals surface area contributed by atoms with Crippen LogP contribution < -0.4 is 5.73 Å². The predicted octanol–water partition coefficient (Wildman–Crippen LogP) is 3.67. The van der Waals surface area contributed by atoms with E-state index in [1.807, 2.05) is 6.92 Å². The Bertz CT molecular complexity index is 350. The summed E-state index contributed by atoms with van der Waals surface area (Å²) in [7, 11) is 0. The SMILES string of the molecule is CCCSc1ccc(C(F)(F)F)cc1CN. The first-order valence-corrected chi connectivity index (χ1v) is 6.00. The van der Waals surface area contributed by atoms with E-state index in [1.54, 1.807) is 11.8 Å². The van der Waals surface area contributed by atoms with Gasteiger partial charge < -0.3 is 5.73 Å². The van der Waals surface area contributed by atoms with E-state index in [-0.39, 0.29) is 6.54 Å². The summed E-state index contributed by atoms with van der Waals surface area (Å²) in [5.74, 6) is 0.887. The molecule has 0 aliphatic rings. The van der Waals surface area contributed by atoms with Crippen molar-refractivity contribution >= 4 is 11.8 Å². The monoisotopic (exact) mass is 249 g/mol. The standard InChI is InChI=1S/C11H14F3NS/c1-2-5-16-10-4-3-9(11(12,13)14)6-8(10)7-15/h3-4,6H,2,5,7,15H2,1H3. The molecule has 0 heterocycles. The van der Waals surface area contributed by atoms with Gasteiger partial charge in [-0.3, -0.25) is 0 Å². The highest BCUT2D eigenvalue weighted by Crippen LogP contribution is 2.33. The number of alkyl halides is 3. The van der Waals surface area contributed by atoms with Gasteiger partial charge in [0.05, 0.1) is 5.56 Å². The molecule has 0 atom stereocenters. The normalized spacial score (nSPS) is 11.8. The highest BCUT2D eigenvalue weighted by Gasteiger charge is 2.30. The zero-order valence-electron chi connectivity index (χ0n) is 8.97. The molecular formula is C11H14F3NS. The summed E-state index contributed by atoms with van der Waals surface area (Å²) in [4.78, 5) is 0.845. The largest absolute Gasteiger partial charge is 0.416 e. The average Bonchev–Trinajstić information content (AvgIpc) is 2.24. The van der Waals surface area contributed by atoms with Gasteiger partial charge in [-0.2, -0.15) is 13.2 Å². The Morgan fingerprint density at radius 3 is 2.50 bits per heavy atom. The maximum Gasteiger partial charge on any atom is 0.416 e. The smallest absolute Gasteiger partial charge is 0.326 e. The highest BCUT2D eigenvalue weighted by atomic mass is 32.2. The summed E-state index contributed by atoms with van der Waals surface area (Å²) in [6.07, 6.45) is -3.31. The number of nitrogens with two attached hydrogens (primary N) is 1. The molecule has 0 spiro atoms. The Morgan fingerprint density at radius 2 is 2.00 bits per heavy atom. The maximum atomic E-state index is 12.4. The molecule has 1 nitrogen and oxygen atoms in total. The Kier molecular flexibility index (Phi) is 4.68. The van der Waals surface area contributed by atoms with E-state index in [1.165, 1.54) is 6.07 Å². The van der Waals surface area contributed by atoms with Crippen LogP contribution in [0.3, 0.4) is 0 Å². The van der Waals surface area contributed by atoms with Gasteiger partial charge in [0.15, 0.2) is 0 Å². The van der Waals surface area contributed by atoms with Gasteiger partial charge in [0.2, 0.25) is 0 Å². The summed E-state index contributed by atoms with van der Waals surface area (Å²) in [5, 5.41) is 0. The van der Waals surface area contributed by atoms with Crippen molar-refractivity contribution in [2.24, 2.45) is 5.73 Å². The van der Waals surface area contributed by atoms with Crippen LogP contribution in [0.2, 0.25) is 0 Å². The quantitative estimate of drug-likeness (QED) is 0.824. The molecule has 0 saturated carbocycles. The van der Waals surface area contributed by atoms with Crippen LogP contribution in [0.5, 0.6) is 0 Å². The van der Waals surface area contributed by atoms with Gasteiger partial charge in [0.25, 0.3) is 0 Å². The molecule has 1 aromatic carbocycles. The summed E-state index contributed by atoms with van der Waals surface area (Å²) in [5.41, 5.74) is 5.39. The second-order valence-corrected chi connectivity index (χ2v) is 4.51. The van der Waals surface area contributed by atoms with E-state index in [9.17, 15) is 13.2 Å². The Morgan fingerprint density at radius 1 is 1.31 bits per heavy atom. The van der Waals surface area contributed by atoms with Crippen LogP contribution in [0.15, 0.2) is 23.1 Å². The first-order chi connectivity index (χ1) is 7.49. The first-order valence-electron chi connectivity index (χ1n) is 5.02. The van der Waals surface area contributed by atoms with Crippen LogP contribution in [0.25, 0.3) is 0 Å². The maximum absolute atomic E-state index is 12.4. The van der Waals surface area contributed by atoms with Crippen LogP contribution in [0.4, 0.5) is 13.2 Å². The molecule has 0 aliphatic heterocycles. The van der Waals surface area contributed by atoms with Crippen LogP contribution in [0, 0.1) is 0 Å². The third kappa shape index (κ3) is 3.42. The Balaban J connectivity index is 2.97. The van der Waals surface area contributed by atoms with Crippen LogP contribution in [-0.4, -0.2) is 5.75 Å². The molecule has 90 valence electrons. The average molecular weight is 249 g/mol. The van der Waals surface area contributed by atoms with Crippen molar-refractivity contribution < 1.29 is 13.2 Å². The third-order valence-electron chi connectivity index (χ3n) is 2.07. The topological polar surface area (TPSA) is 26.0 Å². The number of benzene rings is 1. The minimum absolute atomic E-state index is 0.135.